The third kappa shape index (κ3) is 8.02. The van der Waals surface area contributed by atoms with Crippen LogP contribution in [0.15, 0.2) is 4.99 Å². The molecule has 112 valence electrons. The summed E-state index contributed by atoms with van der Waals surface area (Å²) in [5, 5.41) is 3.06. The number of hydrogen-bond acceptors (Lipinski definition) is 4. The number of nitrogens with zero attached hydrogens (tertiary/aromatic N) is 1. The van der Waals surface area contributed by atoms with Crippen molar-refractivity contribution in [2.24, 2.45) is 10.7 Å². The Morgan fingerprint density at radius 2 is 2.42 bits per heavy atom. The van der Waals surface area contributed by atoms with Gasteiger partial charge in [-0.15, -0.1) is 0 Å². The molecule has 1 aliphatic rings. The molecule has 0 aromatic carbocycles. The fourth-order valence-electron chi connectivity index (χ4n) is 1.95. The molecule has 0 saturated carbocycles. The molecule has 1 fully saturated rings. The summed E-state index contributed by atoms with van der Waals surface area (Å²) in [4.78, 5) is 4.23. The van der Waals surface area contributed by atoms with Crippen LogP contribution in [0.4, 0.5) is 0 Å². The van der Waals surface area contributed by atoms with Crippen molar-refractivity contribution in [2.75, 3.05) is 40.1 Å². The van der Waals surface area contributed by atoms with Crippen molar-refractivity contribution < 1.29 is 14.2 Å². The van der Waals surface area contributed by atoms with Gasteiger partial charge in [0.1, 0.15) is 0 Å². The minimum Gasteiger partial charge on any atom is -0.383 e. The Labute approximate surface area is 115 Å². The zero-order valence-corrected chi connectivity index (χ0v) is 12.1. The summed E-state index contributed by atoms with van der Waals surface area (Å²) in [5.41, 5.74) is 5.74. The third-order valence-electron chi connectivity index (χ3n) is 2.87. The number of aliphatic imine (C=N–C) groups is 1. The van der Waals surface area contributed by atoms with E-state index in [-0.39, 0.29) is 6.04 Å². The van der Waals surface area contributed by atoms with Gasteiger partial charge in [-0.25, -0.2) is 0 Å². The Hall–Kier alpha value is -0.850. The molecule has 6 heteroatoms. The highest BCUT2D eigenvalue weighted by Crippen LogP contribution is 2.11. The zero-order valence-electron chi connectivity index (χ0n) is 12.1. The van der Waals surface area contributed by atoms with Crippen molar-refractivity contribution >= 4 is 5.96 Å². The molecule has 1 rings (SSSR count). The van der Waals surface area contributed by atoms with E-state index in [9.17, 15) is 0 Å². The maximum absolute atomic E-state index is 5.74. The molecular formula is C13H27N3O3. The van der Waals surface area contributed by atoms with E-state index in [4.69, 9.17) is 19.9 Å². The van der Waals surface area contributed by atoms with Crippen molar-refractivity contribution in [3.63, 3.8) is 0 Å². The van der Waals surface area contributed by atoms with Crippen molar-refractivity contribution in [2.45, 2.75) is 38.3 Å². The second kappa shape index (κ2) is 10.00. The Kier molecular flexibility index (Phi) is 8.53. The topological polar surface area (TPSA) is 78.1 Å². The first-order chi connectivity index (χ1) is 9.22. The van der Waals surface area contributed by atoms with Crippen LogP contribution in [-0.4, -0.2) is 58.2 Å². The maximum Gasteiger partial charge on any atom is 0.188 e. The van der Waals surface area contributed by atoms with E-state index in [0.29, 0.717) is 38.4 Å². The fourth-order valence-corrected chi connectivity index (χ4v) is 1.95. The summed E-state index contributed by atoms with van der Waals surface area (Å²) < 4.78 is 16.0. The van der Waals surface area contributed by atoms with Crippen molar-refractivity contribution in [3.8, 4) is 0 Å². The number of rotatable bonds is 9. The number of guanidine groups is 1. The van der Waals surface area contributed by atoms with Crippen LogP contribution in [0.25, 0.3) is 0 Å². The molecule has 0 aromatic rings. The molecule has 3 N–H and O–H groups in total. The van der Waals surface area contributed by atoms with E-state index in [2.05, 4.69) is 10.3 Å². The Bertz CT molecular complexity index is 256. The van der Waals surface area contributed by atoms with E-state index >= 15 is 0 Å². The van der Waals surface area contributed by atoms with Crippen LogP contribution in [0.1, 0.15) is 26.2 Å². The second-order valence-electron chi connectivity index (χ2n) is 4.83. The molecular weight excluding hydrogens is 246 g/mol. The quantitative estimate of drug-likeness (QED) is 0.363. The van der Waals surface area contributed by atoms with Crippen LogP contribution >= 0.6 is 0 Å². The Balaban J connectivity index is 1.96. The molecule has 0 radical (unpaired) electrons. The van der Waals surface area contributed by atoms with Gasteiger partial charge in [0.25, 0.3) is 0 Å². The summed E-state index contributed by atoms with van der Waals surface area (Å²) in [5.74, 6) is 0.462. The van der Waals surface area contributed by atoms with Crippen LogP contribution in [0.2, 0.25) is 0 Å². The van der Waals surface area contributed by atoms with Crippen molar-refractivity contribution in [1.82, 2.24) is 5.32 Å². The van der Waals surface area contributed by atoms with E-state index < -0.39 is 0 Å². The monoisotopic (exact) mass is 273 g/mol. The smallest absolute Gasteiger partial charge is 0.188 e. The minimum atomic E-state index is 0.171. The SMILES string of the molecule is COCC(C)NC(N)=NCCCOCC1CCCO1. The molecule has 0 aliphatic carbocycles. The number of nitrogens with two attached hydrogens (primary N) is 1. The molecule has 0 aromatic heterocycles. The molecule has 0 amide bonds. The largest absolute Gasteiger partial charge is 0.383 e. The van der Waals surface area contributed by atoms with Gasteiger partial charge in [-0.05, 0) is 26.2 Å². The number of hydrogen-bond donors (Lipinski definition) is 2. The summed E-state index contributed by atoms with van der Waals surface area (Å²) in [7, 11) is 1.66. The van der Waals surface area contributed by atoms with E-state index in [1.807, 2.05) is 6.92 Å². The van der Waals surface area contributed by atoms with Gasteiger partial charge < -0.3 is 25.3 Å². The average Bonchev–Trinajstić information content (AvgIpc) is 2.86. The maximum atomic E-state index is 5.74. The number of methoxy groups -OCH3 is 1. The van der Waals surface area contributed by atoms with Crippen LogP contribution in [-0.2, 0) is 14.2 Å². The highest BCUT2D eigenvalue weighted by Gasteiger charge is 2.14. The molecule has 0 bridgehead atoms. The predicted octanol–water partition coefficient (Wildman–Crippen LogP) is 0.511. The third-order valence-corrected chi connectivity index (χ3v) is 2.87. The van der Waals surface area contributed by atoms with Crippen LogP contribution in [0, 0.1) is 0 Å². The first kappa shape index (κ1) is 16.2. The van der Waals surface area contributed by atoms with Gasteiger partial charge in [0.2, 0.25) is 0 Å². The van der Waals surface area contributed by atoms with Gasteiger partial charge in [0.15, 0.2) is 5.96 Å². The van der Waals surface area contributed by atoms with Gasteiger partial charge in [-0.3, -0.25) is 4.99 Å². The lowest BCUT2D eigenvalue weighted by Gasteiger charge is -2.13. The molecule has 2 unspecified atom stereocenters. The van der Waals surface area contributed by atoms with Crippen LogP contribution in [0.3, 0.4) is 0 Å². The van der Waals surface area contributed by atoms with Gasteiger partial charge in [-0.1, -0.05) is 0 Å². The van der Waals surface area contributed by atoms with Crippen LogP contribution in [0.5, 0.6) is 0 Å². The van der Waals surface area contributed by atoms with E-state index in [1.165, 1.54) is 0 Å². The number of ether oxygens (including phenoxy) is 3. The lowest BCUT2D eigenvalue weighted by molar-refractivity contribution is 0.0171. The lowest BCUT2D eigenvalue weighted by atomic mass is 10.2. The molecule has 1 aliphatic heterocycles. The summed E-state index contributed by atoms with van der Waals surface area (Å²) in [6.07, 6.45) is 3.44. The lowest BCUT2D eigenvalue weighted by Crippen LogP contribution is -2.40. The van der Waals surface area contributed by atoms with Crippen LogP contribution < -0.4 is 11.1 Å². The van der Waals surface area contributed by atoms with E-state index in [0.717, 1.165) is 25.9 Å². The Morgan fingerprint density at radius 1 is 1.58 bits per heavy atom. The van der Waals surface area contributed by atoms with Crippen molar-refractivity contribution in [3.05, 3.63) is 0 Å². The normalized spacial score (nSPS) is 21.6. The standard InChI is InChI=1S/C13H27N3O3/c1-11(9-17-2)16-13(14)15-6-4-7-18-10-12-5-3-8-19-12/h11-12H,3-10H2,1-2H3,(H3,14,15,16). The predicted molar refractivity (Wildman–Crippen MR) is 75.4 cm³/mol. The summed E-state index contributed by atoms with van der Waals surface area (Å²) in [6.45, 7) is 5.55. The van der Waals surface area contributed by atoms with Gasteiger partial charge in [0.05, 0.1) is 19.3 Å². The molecule has 2 atom stereocenters. The average molecular weight is 273 g/mol. The zero-order chi connectivity index (χ0) is 13.9. The van der Waals surface area contributed by atoms with Crippen molar-refractivity contribution in [1.29, 1.82) is 0 Å². The van der Waals surface area contributed by atoms with E-state index in [1.54, 1.807) is 7.11 Å². The number of nitrogens with one attached hydrogen (secondary N) is 1. The first-order valence-electron chi connectivity index (χ1n) is 6.97. The molecule has 1 heterocycles. The summed E-state index contributed by atoms with van der Waals surface area (Å²) >= 11 is 0. The first-order valence-corrected chi connectivity index (χ1v) is 6.97. The fraction of sp³-hybridized carbons (Fsp3) is 0.923. The highest BCUT2D eigenvalue weighted by molar-refractivity contribution is 5.78. The Morgan fingerprint density at radius 3 is 3.11 bits per heavy atom. The molecule has 0 spiro atoms. The summed E-state index contributed by atoms with van der Waals surface area (Å²) in [6, 6.07) is 0.171. The highest BCUT2D eigenvalue weighted by atomic mass is 16.5. The van der Waals surface area contributed by atoms with Gasteiger partial charge >= 0.3 is 0 Å². The molecule has 19 heavy (non-hydrogen) atoms. The molecule has 6 nitrogen and oxygen atoms in total. The minimum absolute atomic E-state index is 0.171. The second-order valence-corrected chi connectivity index (χ2v) is 4.83. The van der Waals surface area contributed by atoms with Gasteiger partial charge in [-0.2, -0.15) is 0 Å². The molecule has 1 saturated heterocycles. The van der Waals surface area contributed by atoms with Gasteiger partial charge in [0, 0.05) is 32.9 Å².